The van der Waals surface area contributed by atoms with Gasteiger partial charge in [0.05, 0.1) is 6.61 Å². The van der Waals surface area contributed by atoms with Crippen molar-refractivity contribution in [3.8, 4) is 5.75 Å². The van der Waals surface area contributed by atoms with Crippen LogP contribution in [-0.4, -0.2) is 12.9 Å². The van der Waals surface area contributed by atoms with Gasteiger partial charge in [-0.15, -0.1) is 0 Å². The second kappa shape index (κ2) is 9.57. The molecule has 2 heteroatoms. The molecule has 112 valence electrons. The van der Waals surface area contributed by atoms with Crippen molar-refractivity contribution in [2.75, 3.05) is 6.61 Å². The van der Waals surface area contributed by atoms with E-state index in [-0.39, 0.29) is 0 Å². The third kappa shape index (κ3) is 5.77. The predicted octanol–water partition coefficient (Wildman–Crippen LogP) is 5.25. The van der Waals surface area contributed by atoms with Crippen LogP contribution in [0.4, 0.5) is 0 Å². The molecule has 0 N–H and O–H groups in total. The average Bonchev–Trinajstić information content (AvgIpc) is 2.41. The zero-order valence-electron chi connectivity index (χ0n) is 13.2. The smallest absolute Gasteiger partial charge is 0.150 e. The highest BCUT2D eigenvalue weighted by Gasteiger charge is 2.04. The van der Waals surface area contributed by atoms with Crippen LogP contribution in [0.1, 0.15) is 73.4 Å². The van der Waals surface area contributed by atoms with E-state index in [1.54, 1.807) is 0 Å². The molecule has 0 bridgehead atoms. The lowest BCUT2D eigenvalue weighted by molar-refractivity contribution is 0.112. The summed E-state index contributed by atoms with van der Waals surface area (Å²) in [5, 5.41) is 0. The second-order valence-electron chi connectivity index (χ2n) is 5.56. The van der Waals surface area contributed by atoms with Crippen molar-refractivity contribution < 1.29 is 9.53 Å². The van der Waals surface area contributed by atoms with Crippen LogP contribution in [-0.2, 0) is 0 Å². The molecule has 0 saturated carbocycles. The molecule has 0 unspecified atom stereocenters. The molecule has 1 rings (SSSR count). The molecular formula is C18H28O2. The van der Waals surface area contributed by atoms with Gasteiger partial charge in [-0.1, -0.05) is 45.4 Å². The molecule has 0 saturated heterocycles. The Morgan fingerprint density at radius 1 is 0.950 bits per heavy atom. The number of ether oxygens (including phenoxy) is 1. The minimum Gasteiger partial charge on any atom is -0.494 e. The Labute approximate surface area is 123 Å². The normalized spacial score (nSPS) is 10.6. The fourth-order valence-electron chi connectivity index (χ4n) is 2.45. The van der Waals surface area contributed by atoms with Gasteiger partial charge < -0.3 is 4.74 Å². The minimum atomic E-state index is 0.771. The minimum absolute atomic E-state index is 0.771. The maximum Gasteiger partial charge on any atom is 0.150 e. The lowest BCUT2D eigenvalue weighted by Crippen LogP contribution is -2.00. The van der Waals surface area contributed by atoms with Crippen LogP contribution in [0.2, 0.25) is 0 Å². The first-order chi connectivity index (χ1) is 9.69. The number of rotatable bonds is 10. The van der Waals surface area contributed by atoms with Gasteiger partial charge in [0.15, 0.2) is 6.29 Å². The van der Waals surface area contributed by atoms with Crippen molar-refractivity contribution in [1.82, 2.24) is 0 Å². The van der Waals surface area contributed by atoms with Crippen LogP contribution in [0.25, 0.3) is 0 Å². The number of hydrogen-bond donors (Lipinski definition) is 0. The zero-order chi connectivity index (χ0) is 14.8. The molecule has 0 amide bonds. The summed E-state index contributed by atoms with van der Waals surface area (Å²) in [4.78, 5) is 10.9. The number of carbonyl (C=O) groups is 1. The van der Waals surface area contributed by atoms with Crippen molar-refractivity contribution in [2.45, 2.75) is 65.7 Å². The second-order valence-corrected chi connectivity index (χ2v) is 5.56. The maximum absolute atomic E-state index is 10.9. The molecule has 1 aromatic carbocycles. The largest absolute Gasteiger partial charge is 0.494 e. The first kappa shape index (κ1) is 16.7. The van der Waals surface area contributed by atoms with E-state index in [9.17, 15) is 4.79 Å². The summed E-state index contributed by atoms with van der Waals surface area (Å²) in [6, 6.07) is 3.91. The van der Waals surface area contributed by atoms with Gasteiger partial charge in [-0.3, -0.25) is 4.79 Å². The van der Waals surface area contributed by atoms with E-state index >= 15 is 0 Å². The molecule has 0 spiro atoms. The maximum atomic E-state index is 10.9. The standard InChI is InChI=1S/C18H28O2/c1-4-5-6-7-8-9-10-11-20-17-12-15(2)18(14-19)16(3)13-17/h12-14H,4-11H2,1-3H3. The van der Waals surface area contributed by atoms with Crippen LogP contribution in [0.15, 0.2) is 12.1 Å². The lowest BCUT2D eigenvalue weighted by atomic mass is 10.0. The van der Waals surface area contributed by atoms with Crippen LogP contribution < -0.4 is 4.74 Å². The molecule has 20 heavy (non-hydrogen) atoms. The van der Waals surface area contributed by atoms with Crippen LogP contribution in [0.3, 0.4) is 0 Å². The molecule has 0 aliphatic heterocycles. The van der Waals surface area contributed by atoms with Gasteiger partial charge in [-0.2, -0.15) is 0 Å². The van der Waals surface area contributed by atoms with E-state index in [1.807, 2.05) is 26.0 Å². The molecule has 0 aliphatic carbocycles. The summed E-state index contributed by atoms with van der Waals surface area (Å²) in [6.45, 7) is 6.93. The van der Waals surface area contributed by atoms with Gasteiger partial charge >= 0.3 is 0 Å². The molecule has 0 aliphatic rings. The average molecular weight is 276 g/mol. The summed E-state index contributed by atoms with van der Waals surface area (Å²) in [7, 11) is 0. The fourth-order valence-corrected chi connectivity index (χ4v) is 2.45. The van der Waals surface area contributed by atoms with Crippen LogP contribution in [0, 0.1) is 13.8 Å². The van der Waals surface area contributed by atoms with E-state index in [0.717, 1.165) is 41.8 Å². The molecule has 0 fully saturated rings. The SMILES string of the molecule is CCCCCCCCCOc1cc(C)c(C=O)c(C)c1. The van der Waals surface area contributed by atoms with Gasteiger partial charge in [0.1, 0.15) is 5.75 Å². The molecular weight excluding hydrogens is 248 g/mol. The number of benzene rings is 1. The van der Waals surface area contributed by atoms with Crippen molar-refractivity contribution >= 4 is 6.29 Å². The van der Waals surface area contributed by atoms with Crippen LogP contribution in [0.5, 0.6) is 5.75 Å². The number of unbranched alkanes of at least 4 members (excludes halogenated alkanes) is 6. The number of hydrogen-bond acceptors (Lipinski definition) is 2. The number of aryl methyl sites for hydroxylation is 2. The first-order valence-electron chi connectivity index (χ1n) is 7.88. The monoisotopic (exact) mass is 276 g/mol. The van der Waals surface area contributed by atoms with E-state index in [0.29, 0.717) is 0 Å². The Bertz CT molecular complexity index is 387. The number of aldehydes is 1. The quantitative estimate of drug-likeness (QED) is 0.431. The first-order valence-corrected chi connectivity index (χ1v) is 7.88. The fraction of sp³-hybridized carbons (Fsp3) is 0.611. The van der Waals surface area contributed by atoms with Crippen molar-refractivity contribution in [3.05, 3.63) is 28.8 Å². The predicted molar refractivity (Wildman–Crippen MR) is 84.8 cm³/mol. The topological polar surface area (TPSA) is 26.3 Å². The Hall–Kier alpha value is -1.31. The van der Waals surface area contributed by atoms with Gasteiger partial charge in [0, 0.05) is 5.56 Å². The van der Waals surface area contributed by atoms with Crippen molar-refractivity contribution in [2.24, 2.45) is 0 Å². The number of carbonyl (C=O) groups excluding carboxylic acids is 1. The third-order valence-electron chi connectivity index (χ3n) is 3.70. The van der Waals surface area contributed by atoms with Gasteiger partial charge in [-0.05, 0) is 43.5 Å². The summed E-state index contributed by atoms with van der Waals surface area (Å²) < 4.78 is 5.78. The lowest BCUT2D eigenvalue weighted by Gasteiger charge is -2.10. The Morgan fingerprint density at radius 2 is 1.50 bits per heavy atom. The summed E-state index contributed by atoms with van der Waals surface area (Å²) in [6.07, 6.45) is 9.96. The molecule has 0 heterocycles. The van der Waals surface area contributed by atoms with E-state index in [2.05, 4.69) is 6.92 Å². The Kier molecular flexibility index (Phi) is 8.01. The zero-order valence-corrected chi connectivity index (χ0v) is 13.2. The molecule has 0 radical (unpaired) electrons. The highest BCUT2D eigenvalue weighted by atomic mass is 16.5. The highest BCUT2D eigenvalue weighted by molar-refractivity contribution is 5.80. The van der Waals surface area contributed by atoms with E-state index < -0.39 is 0 Å². The van der Waals surface area contributed by atoms with Crippen molar-refractivity contribution in [1.29, 1.82) is 0 Å². The Morgan fingerprint density at radius 3 is 2.05 bits per heavy atom. The molecule has 2 nitrogen and oxygen atoms in total. The Balaban J connectivity index is 2.24. The molecule has 0 atom stereocenters. The molecule has 1 aromatic rings. The third-order valence-corrected chi connectivity index (χ3v) is 3.70. The van der Waals surface area contributed by atoms with E-state index in [1.165, 1.54) is 38.5 Å². The van der Waals surface area contributed by atoms with Gasteiger partial charge in [0.2, 0.25) is 0 Å². The van der Waals surface area contributed by atoms with Crippen molar-refractivity contribution in [3.63, 3.8) is 0 Å². The summed E-state index contributed by atoms with van der Waals surface area (Å²) in [5.74, 6) is 0.886. The van der Waals surface area contributed by atoms with Gasteiger partial charge in [-0.25, -0.2) is 0 Å². The summed E-state index contributed by atoms with van der Waals surface area (Å²) >= 11 is 0. The molecule has 0 aromatic heterocycles. The van der Waals surface area contributed by atoms with E-state index in [4.69, 9.17) is 4.74 Å². The van der Waals surface area contributed by atoms with Gasteiger partial charge in [0.25, 0.3) is 0 Å². The highest BCUT2D eigenvalue weighted by Crippen LogP contribution is 2.21. The summed E-state index contributed by atoms with van der Waals surface area (Å²) in [5.41, 5.74) is 2.78. The van der Waals surface area contributed by atoms with Crippen LogP contribution >= 0.6 is 0 Å².